The number of alkyl halides is 1. The lowest BCUT2D eigenvalue weighted by Gasteiger charge is -2.33. The number of aryl methyl sites for hydroxylation is 2. The van der Waals surface area contributed by atoms with Crippen molar-refractivity contribution in [3.05, 3.63) is 41.2 Å². The number of aliphatic imine (C=N–C) groups is 1. The van der Waals surface area contributed by atoms with Gasteiger partial charge >= 0.3 is 0 Å². The summed E-state index contributed by atoms with van der Waals surface area (Å²) in [4.78, 5) is 18.4. The minimum atomic E-state index is -3.66. The third-order valence-electron chi connectivity index (χ3n) is 7.84. The fourth-order valence-electron chi connectivity index (χ4n) is 5.80. The van der Waals surface area contributed by atoms with Crippen molar-refractivity contribution >= 4 is 44.7 Å². The Bertz CT molecular complexity index is 1530. The molecule has 0 unspecified atom stereocenters. The number of hydrogen-bond acceptors (Lipinski definition) is 9. The smallest absolute Gasteiger partial charge is 0.231 e. The Kier molecular flexibility index (Phi) is 7.75. The largest absolute Gasteiger partial charge is 0.488 e. The molecule has 0 aliphatic carbocycles. The zero-order valence-corrected chi connectivity index (χ0v) is 25.9. The average Bonchev–Trinajstić information content (AvgIpc) is 3.46. The van der Waals surface area contributed by atoms with Gasteiger partial charge in [-0.25, -0.2) is 13.4 Å². The van der Waals surface area contributed by atoms with Crippen molar-refractivity contribution in [3.8, 4) is 5.75 Å². The van der Waals surface area contributed by atoms with Crippen molar-refractivity contribution in [3.63, 3.8) is 0 Å². The molecule has 13 heteroatoms. The summed E-state index contributed by atoms with van der Waals surface area (Å²) < 4.78 is 33.5. The summed E-state index contributed by atoms with van der Waals surface area (Å²) in [6.07, 6.45) is 7.52. The van der Waals surface area contributed by atoms with Gasteiger partial charge in [-0.2, -0.15) is 5.10 Å². The molecular formula is C28H38ClN7O4S. The fraction of sp³-hybridized carbons (Fsp3) is 0.536. The second kappa shape index (κ2) is 10.9. The summed E-state index contributed by atoms with van der Waals surface area (Å²) in [5.74, 6) is 1.67. The first-order chi connectivity index (χ1) is 19.3. The molecule has 41 heavy (non-hydrogen) atoms. The number of hydrogen-bond donors (Lipinski definition) is 3. The topological polar surface area (TPSA) is 130 Å². The molecule has 1 saturated heterocycles. The summed E-state index contributed by atoms with van der Waals surface area (Å²) in [5, 5.41) is 11.5. The van der Waals surface area contributed by atoms with Crippen LogP contribution in [0.25, 0.3) is 0 Å². The van der Waals surface area contributed by atoms with Crippen LogP contribution >= 0.6 is 11.6 Å². The highest BCUT2D eigenvalue weighted by Crippen LogP contribution is 2.45. The van der Waals surface area contributed by atoms with Crippen molar-refractivity contribution < 1.29 is 17.9 Å². The molecule has 0 saturated carbocycles. The molecule has 4 heterocycles. The molecule has 2 aromatic rings. The number of fused-ring (bicyclic) bond motifs is 1. The van der Waals surface area contributed by atoms with Gasteiger partial charge in [-0.15, -0.1) is 0 Å². The average molecular weight is 604 g/mol. The number of carbonyl (C=O) groups is 1. The van der Waals surface area contributed by atoms with Crippen molar-refractivity contribution in [1.29, 1.82) is 0 Å². The lowest BCUT2D eigenvalue weighted by molar-refractivity contribution is -0.129. The van der Waals surface area contributed by atoms with Crippen molar-refractivity contribution in [2.24, 2.45) is 12.0 Å². The Morgan fingerprint density at radius 2 is 1.98 bits per heavy atom. The van der Waals surface area contributed by atoms with Gasteiger partial charge in [0.2, 0.25) is 31.9 Å². The number of sulfone groups is 1. The van der Waals surface area contributed by atoms with E-state index in [4.69, 9.17) is 16.3 Å². The van der Waals surface area contributed by atoms with E-state index in [1.54, 1.807) is 46.3 Å². The van der Waals surface area contributed by atoms with Crippen molar-refractivity contribution in [2.45, 2.75) is 81.3 Å². The maximum Gasteiger partial charge on any atom is 0.231 e. The van der Waals surface area contributed by atoms with Crippen LogP contribution in [-0.2, 0) is 28.1 Å². The van der Waals surface area contributed by atoms with Crippen LogP contribution in [0.2, 0.25) is 0 Å². The van der Waals surface area contributed by atoms with Gasteiger partial charge in [0, 0.05) is 51.4 Å². The Morgan fingerprint density at radius 1 is 1.27 bits per heavy atom. The Balaban J connectivity index is 1.42. The van der Waals surface area contributed by atoms with Crippen molar-refractivity contribution in [2.75, 3.05) is 23.7 Å². The van der Waals surface area contributed by atoms with E-state index in [1.807, 2.05) is 4.90 Å². The van der Waals surface area contributed by atoms with Gasteiger partial charge in [-0.3, -0.25) is 9.48 Å². The van der Waals surface area contributed by atoms with Gasteiger partial charge < -0.3 is 25.6 Å². The normalized spacial score (nSPS) is 22.7. The van der Waals surface area contributed by atoms with E-state index in [0.717, 1.165) is 49.4 Å². The molecule has 5 rings (SSSR count). The molecular weight excluding hydrogens is 566 g/mol. The van der Waals surface area contributed by atoms with Crippen LogP contribution in [0.5, 0.6) is 5.75 Å². The number of benzene rings is 1. The number of nitrogens with one attached hydrogen (secondary N) is 3. The molecule has 3 aliphatic heterocycles. The molecule has 0 radical (unpaired) electrons. The van der Waals surface area contributed by atoms with Gasteiger partial charge in [0.15, 0.2) is 0 Å². The van der Waals surface area contributed by atoms with E-state index in [-0.39, 0.29) is 22.7 Å². The van der Waals surface area contributed by atoms with E-state index in [9.17, 15) is 13.2 Å². The minimum absolute atomic E-state index is 0.0326. The Hall–Kier alpha value is -3.25. The van der Waals surface area contributed by atoms with Gasteiger partial charge in [0.05, 0.1) is 16.6 Å². The minimum Gasteiger partial charge on any atom is -0.488 e. The number of carbonyl (C=O) groups excluding carboxylic acids is 1. The second-order valence-corrected chi connectivity index (χ2v) is 14.3. The Morgan fingerprint density at radius 3 is 2.63 bits per heavy atom. The highest BCUT2D eigenvalue weighted by molar-refractivity contribution is 7.92. The number of likely N-dealkylation sites (tertiary alicyclic amines) is 1. The summed E-state index contributed by atoms with van der Waals surface area (Å²) in [7, 11) is -2.00. The number of rotatable bonds is 6. The number of halogens is 1. The highest BCUT2D eigenvalue weighted by Gasteiger charge is 2.35. The van der Waals surface area contributed by atoms with E-state index in [0.29, 0.717) is 11.9 Å². The molecule has 0 spiro atoms. The van der Waals surface area contributed by atoms with Crippen LogP contribution in [0.15, 0.2) is 34.6 Å². The van der Waals surface area contributed by atoms with Crippen LogP contribution in [-0.4, -0.2) is 64.5 Å². The molecule has 3 N–H and O–H groups in total. The highest BCUT2D eigenvalue weighted by atomic mass is 35.5. The van der Waals surface area contributed by atoms with E-state index >= 15 is 0 Å². The zero-order valence-electron chi connectivity index (χ0n) is 24.3. The van der Waals surface area contributed by atoms with Gasteiger partial charge in [0.25, 0.3) is 0 Å². The van der Waals surface area contributed by atoms with E-state index < -0.39 is 20.2 Å². The molecule has 11 nitrogen and oxygen atoms in total. The predicted octanol–water partition coefficient (Wildman–Crippen LogP) is 3.85. The number of ether oxygens (including phenoxy) is 1. The number of anilines is 2. The fourth-order valence-corrected chi connectivity index (χ4v) is 7.14. The summed E-state index contributed by atoms with van der Waals surface area (Å²) in [6.45, 7) is 10.6. The van der Waals surface area contributed by atoms with E-state index in [1.165, 1.54) is 15.8 Å². The standard InChI is InChI=1S/C28H38ClN7O4S/c1-16(2)41(38,39)26-23(15-35(6)34-26)32-28(29)9-10-30-27(33-28)31-22-13-17(3)24(21-14-18(4)40-25(21)22)20-7-11-36(12-8-20)19(5)37/h9-10,13,15-16,18,20,32H,7-8,11-12,14H2,1-6H3,(H2,30,31,33)/t18-,28+/m1/s1. The van der Waals surface area contributed by atoms with Gasteiger partial charge in [-0.05, 0) is 69.7 Å². The molecule has 3 aliphatic rings. The van der Waals surface area contributed by atoms with Gasteiger partial charge in [-0.1, -0.05) is 11.6 Å². The second-order valence-electron chi connectivity index (χ2n) is 11.4. The lowest BCUT2D eigenvalue weighted by atomic mass is 9.82. The first kappa shape index (κ1) is 29.2. The third-order valence-corrected chi connectivity index (χ3v) is 10.2. The number of amides is 1. The third kappa shape index (κ3) is 5.76. The quantitative estimate of drug-likeness (QED) is 0.335. The molecule has 1 aromatic heterocycles. The number of aromatic nitrogens is 2. The lowest BCUT2D eigenvalue weighted by Crippen LogP contribution is -2.39. The SMILES string of the molecule is CC(=O)N1CCC(c2c(C)cc(NC3=N[C@@](Cl)(Nc4cn(C)nc4S(=O)(=O)C(C)C)C=CN3)c3c2C[C@@H](C)O3)CC1. The van der Waals surface area contributed by atoms with Crippen LogP contribution in [0.1, 0.15) is 63.1 Å². The number of nitrogens with zero attached hydrogens (tertiary/aromatic N) is 4. The van der Waals surface area contributed by atoms with Crippen LogP contribution in [0, 0.1) is 6.92 Å². The molecule has 0 bridgehead atoms. The maximum absolute atomic E-state index is 12.9. The van der Waals surface area contributed by atoms with Crippen molar-refractivity contribution in [1.82, 2.24) is 20.0 Å². The molecule has 222 valence electrons. The molecule has 1 amide bonds. The number of guanidine groups is 1. The molecule has 1 aromatic carbocycles. The maximum atomic E-state index is 12.9. The van der Waals surface area contributed by atoms with Gasteiger partial charge in [0.1, 0.15) is 11.9 Å². The Labute approximate surface area is 246 Å². The first-order valence-corrected chi connectivity index (χ1v) is 15.8. The predicted molar refractivity (Wildman–Crippen MR) is 160 cm³/mol. The summed E-state index contributed by atoms with van der Waals surface area (Å²) >= 11 is 6.86. The summed E-state index contributed by atoms with van der Waals surface area (Å²) in [6, 6.07) is 2.07. The monoisotopic (exact) mass is 603 g/mol. The van der Waals surface area contributed by atoms with E-state index in [2.05, 4.69) is 46.0 Å². The summed E-state index contributed by atoms with van der Waals surface area (Å²) in [5.41, 5.74) is 4.71. The molecule has 1 fully saturated rings. The first-order valence-electron chi connectivity index (χ1n) is 13.9. The van der Waals surface area contributed by atoms with Crippen LogP contribution in [0.4, 0.5) is 11.4 Å². The van der Waals surface area contributed by atoms with Crippen LogP contribution in [0.3, 0.4) is 0 Å². The number of piperidine rings is 1. The van der Waals surface area contributed by atoms with Crippen LogP contribution < -0.4 is 20.7 Å². The zero-order chi connectivity index (χ0) is 29.7. The molecule has 2 atom stereocenters.